The minimum Gasteiger partial charge on any atom is -0.499 e. The number of aromatic nitrogens is 3. The van der Waals surface area contributed by atoms with Gasteiger partial charge in [0.2, 0.25) is 0 Å². The number of benzene rings is 2. The van der Waals surface area contributed by atoms with Gasteiger partial charge in [0.1, 0.15) is 5.56 Å². The van der Waals surface area contributed by atoms with E-state index in [-0.39, 0.29) is 16.7 Å². The lowest BCUT2D eigenvalue weighted by Crippen LogP contribution is -2.25. The predicted octanol–water partition coefficient (Wildman–Crippen LogP) is 3.57. The van der Waals surface area contributed by atoms with Crippen molar-refractivity contribution in [2.45, 2.75) is 12.5 Å². The fraction of sp³-hybridized carbons (Fsp3) is 0.0909. The first-order valence-corrected chi connectivity index (χ1v) is 10.4. The van der Waals surface area contributed by atoms with E-state index in [0.29, 0.717) is 29.2 Å². The van der Waals surface area contributed by atoms with Gasteiger partial charge in [-0.1, -0.05) is 42.5 Å². The Morgan fingerprint density at radius 3 is 2.61 bits per heavy atom. The van der Waals surface area contributed by atoms with E-state index >= 15 is 0 Å². The molecule has 1 aliphatic rings. The van der Waals surface area contributed by atoms with Crippen LogP contribution in [0.4, 0.5) is 11.4 Å². The fourth-order valence-corrected chi connectivity index (χ4v) is 4.36. The van der Waals surface area contributed by atoms with Crippen LogP contribution in [-0.4, -0.2) is 26.0 Å². The summed E-state index contributed by atoms with van der Waals surface area (Å²) in [5, 5.41) is 20.8. The quantitative estimate of drug-likeness (QED) is 0.395. The van der Waals surface area contributed by atoms with E-state index in [2.05, 4.69) is 25.5 Å². The van der Waals surface area contributed by atoms with Crippen LogP contribution in [0.15, 0.2) is 75.4 Å². The van der Waals surface area contributed by atoms with Crippen LogP contribution in [0.2, 0.25) is 0 Å². The standard InChI is InChI=1S/C22H17N5O3S/c28-20-18(21(29)31-22(30)26-20)17-10-16(24-14-8-4-5-9-15(14)25-17)13-11-23-27-19(13)12-6-2-1-3-7-12/h1-9,11,16,24,29H,10H2,(H,23,27)(H,26,28,30)/t16-/m1/s1. The lowest BCUT2D eigenvalue weighted by atomic mass is 9.96. The van der Waals surface area contributed by atoms with Gasteiger partial charge in [-0.05, 0) is 29.0 Å². The molecule has 0 radical (unpaired) electrons. The second-order valence-corrected chi connectivity index (χ2v) is 8.03. The third kappa shape index (κ3) is 3.55. The maximum absolute atomic E-state index is 12.5. The molecule has 1 aliphatic heterocycles. The number of H-pyrrole nitrogens is 2. The van der Waals surface area contributed by atoms with E-state index in [4.69, 9.17) is 0 Å². The molecule has 2 aromatic carbocycles. The Labute approximate surface area is 180 Å². The molecule has 1 atom stereocenters. The van der Waals surface area contributed by atoms with Crippen molar-refractivity contribution in [1.82, 2.24) is 15.2 Å². The van der Waals surface area contributed by atoms with Gasteiger partial charge in [-0.15, -0.1) is 0 Å². The molecular weight excluding hydrogens is 414 g/mol. The van der Waals surface area contributed by atoms with Gasteiger partial charge in [-0.3, -0.25) is 24.7 Å². The molecule has 3 heterocycles. The summed E-state index contributed by atoms with van der Waals surface area (Å²) in [6.45, 7) is 0. The minimum absolute atomic E-state index is 0.0119. The van der Waals surface area contributed by atoms with Crippen molar-refractivity contribution >= 4 is 28.4 Å². The minimum atomic E-state index is -0.659. The Kier molecular flexibility index (Phi) is 4.72. The first-order chi connectivity index (χ1) is 15.1. The summed E-state index contributed by atoms with van der Waals surface area (Å²) in [6.07, 6.45) is 2.05. The number of para-hydroxylation sites is 2. The third-order valence-corrected chi connectivity index (χ3v) is 5.81. The number of hydrogen-bond donors (Lipinski definition) is 4. The van der Waals surface area contributed by atoms with E-state index < -0.39 is 10.4 Å². The average molecular weight is 431 g/mol. The summed E-state index contributed by atoms with van der Waals surface area (Å²) in [4.78, 5) is 30.4. The molecule has 9 heteroatoms. The molecule has 4 N–H and O–H groups in total. The lowest BCUT2D eigenvalue weighted by molar-refractivity contribution is 0.487. The first-order valence-electron chi connectivity index (χ1n) is 9.58. The number of anilines is 1. The number of aliphatic imine (C=N–C) groups is 1. The highest BCUT2D eigenvalue weighted by Crippen LogP contribution is 2.38. The van der Waals surface area contributed by atoms with Crippen LogP contribution >= 0.6 is 11.3 Å². The second-order valence-electron chi connectivity index (χ2n) is 7.07. The molecule has 0 bridgehead atoms. The van der Waals surface area contributed by atoms with Crippen LogP contribution in [0.1, 0.15) is 23.6 Å². The highest BCUT2D eigenvalue weighted by molar-refractivity contribution is 7.11. The molecule has 0 saturated carbocycles. The zero-order valence-corrected chi connectivity index (χ0v) is 16.9. The monoisotopic (exact) mass is 431 g/mol. The Balaban J connectivity index is 1.66. The van der Waals surface area contributed by atoms with Crippen LogP contribution in [-0.2, 0) is 0 Å². The topological polar surface area (TPSA) is 123 Å². The first kappa shape index (κ1) is 19.0. The van der Waals surface area contributed by atoms with E-state index in [1.165, 1.54) is 0 Å². The number of aromatic amines is 2. The lowest BCUT2D eigenvalue weighted by Gasteiger charge is -2.19. The maximum Gasteiger partial charge on any atom is 0.310 e. The Morgan fingerprint density at radius 2 is 1.81 bits per heavy atom. The molecule has 0 fully saturated rings. The molecule has 31 heavy (non-hydrogen) atoms. The van der Waals surface area contributed by atoms with E-state index in [1.807, 2.05) is 54.6 Å². The van der Waals surface area contributed by atoms with Gasteiger partial charge in [0.15, 0.2) is 5.06 Å². The van der Waals surface area contributed by atoms with Gasteiger partial charge in [-0.25, -0.2) is 0 Å². The van der Waals surface area contributed by atoms with Crippen LogP contribution in [0.25, 0.3) is 11.3 Å². The summed E-state index contributed by atoms with van der Waals surface area (Å²) < 4.78 is 0. The van der Waals surface area contributed by atoms with Crippen molar-refractivity contribution in [3.8, 4) is 16.3 Å². The molecule has 4 aromatic rings. The molecule has 5 rings (SSSR count). The third-order valence-electron chi connectivity index (χ3n) is 5.13. The van der Waals surface area contributed by atoms with Gasteiger partial charge in [0.25, 0.3) is 5.56 Å². The van der Waals surface area contributed by atoms with Gasteiger partial charge in [0, 0.05) is 12.0 Å². The number of rotatable bonds is 3. The number of nitrogens with one attached hydrogen (secondary N) is 3. The van der Waals surface area contributed by atoms with Crippen molar-refractivity contribution in [3.63, 3.8) is 0 Å². The highest BCUT2D eigenvalue weighted by atomic mass is 32.1. The second kappa shape index (κ2) is 7.69. The van der Waals surface area contributed by atoms with Gasteiger partial charge >= 0.3 is 4.87 Å². The number of fused-ring (bicyclic) bond motifs is 1. The highest BCUT2D eigenvalue weighted by Gasteiger charge is 2.27. The molecular formula is C22H17N5O3S. The smallest absolute Gasteiger partial charge is 0.310 e. The zero-order chi connectivity index (χ0) is 21.4. The van der Waals surface area contributed by atoms with Crippen molar-refractivity contribution in [1.29, 1.82) is 0 Å². The van der Waals surface area contributed by atoms with Crippen molar-refractivity contribution in [2.75, 3.05) is 5.32 Å². The molecule has 154 valence electrons. The molecule has 8 nitrogen and oxygen atoms in total. The van der Waals surface area contributed by atoms with Crippen LogP contribution in [0.3, 0.4) is 0 Å². The van der Waals surface area contributed by atoms with Crippen molar-refractivity contribution in [2.24, 2.45) is 4.99 Å². The van der Waals surface area contributed by atoms with Crippen molar-refractivity contribution < 1.29 is 5.11 Å². The molecule has 0 aliphatic carbocycles. The number of nitrogens with zero attached hydrogens (tertiary/aromatic N) is 2. The van der Waals surface area contributed by atoms with Crippen LogP contribution in [0, 0.1) is 0 Å². The van der Waals surface area contributed by atoms with E-state index in [0.717, 1.165) is 22.5 Å². The fourth-order valence-electron chi connectivity index (χ4n) is 3.73. The van der Waals surface area contributed by atoms with E-state index in [9.17, 15) is 14.7 Å². The largest absolute Gasteiger partial charge is 0.499 e. The van der Waals surface area contributed by atoms with Gasteiger partial charge in [0.05, 0.1) is 35.0 Å². The summed E-state index contributed by atoms with van der Waals surface area (Å²) in [6, 6.07) is 17.0. The molecule has 0 spiro atoms. The summed E-state index contributed by atoms with van der Waals surface area (Å²) in [5.74, 6) is 0. The summed E-state index contributed by atoms with van der Waals surface area (Å²) in [5.41, 5.74) is 3.90. The molecule has 0 amide bonds. The van der Waals surface area contributed by atoms with Gasteiger partial charge < -0.3 is 10.4 Å². The van der Waals surface area contributed by atoms with Crippen molar-refractivity contribution in [3.05, 3.63) is 91.9 Å². The molecule has 0 unspecified atom stereocenters. The SMILES string of the molecule is O=c1[nH]c(=O)c(C2=Nc3ccccc3N[C@@H](c3cn[nH]c3-c3ccccc3)C2)c(O)s1. The Morgan fingerprint density at radius 1 is 1.03 bits per heavy atom. The van der Waals surface area contributed by atoms with Gasteiger partial charge in [-0.2, -0.15) is 5.10 Å². The zero-order valence-electron chi connectivity index (χ0n) is 16.1. The maximum atomic E-state index is 12.5. The van der Waals surface area contributed by atoms with Crippen LogP contribution in [0.5, 0.6) is 5.06 Å². The Bertz CT molecular complexity index is 1400. The summed E-state index contributed by atoms with van der Waals surface area (Å²) >= 11 is 0.578. The Hall–Kier alpha value is -3.98. The van der Waals surface area contributed by atoms with Crippen LogP contribution < -0.4 is 15.7 Å². The molecule has 0 saturated heterocycles. The summed E-state index contributed by atoms with van der Waals surface area (Å²) in [7, 11) is 0. The molecule has 2 aromatic heterocycles. The number of aromatic hydroxyl groups is 1. The number of hydrogen-bond acceptors (Lipinski definition) is 7. The normalized spacial score (nSPS) is 15.5. The average Bonchev–Trinajstić information content (AvgIpc) is 3.16. The predicted molar refractivity (Wildman–Crippen MR) is 121 cm³/mol. The van der Waals surface area contributed by atoms with E-state index in [1.54, 1.807) is 6.20 Å².